The summed E-state index contributed by atoms with van der Waals surface area (Å²) in [5, 5.41) is 24.3. The lowest BCUT2D eigenvalue weighted by atomic mass is 9.64. The lowest BCUT2D eigenvalue weighted by Crippen LogP contribution is -2.60. The van der Waals surface area contributed by atoms with Gasteiger partial charge >= 0.3 is 12.3 Å². The van der Waals surface area contributed by atoms with E-state index in [2.05, 4.69) is 10.8 Å². The van der Waals surface area contributed by atoms with Gasteiger partial charge in [-0.25, -0.2) is 0 Å². The second-order valence-corrected chi connectivity index (χ2v) is 18.2. The van der Waals surface area contributed by atoms with Crippen molar-refractivity contribution in [2.24, 2.45) is 16.2 Å². The van der Waals surface area contributed by atoms with Gasteiger partial charge in [-0.05, 0) is 112 Å². The SMILES string of the molecule is CC1=CCC[C@@]2(C)[C@@H](CC[C@@]2(O)CN(Cc2ccc(OC(F)(F)F)cc2)C(=O)[C@@]23CC[C@@](C)(C(=O)O2)C3(C)C)c2ccc(cc2C(=O)c2ccccc2)C[C@@H](O)CC1. The molecule has 310 valence electrons. The molecule has 0 spiro atoms. The highest BCUT2D eigenvalue weighted by atomic mass is 19.4. The first-order valence-corrected chi connectivity index (χ1v) is 20.4. The number of nitrogens with zero attached hydrogens (tertiary/aromatic N) is 1. The van der Waals surface area contributed by atoms with Crippen LogP contribution in [0.3, 0.4) is 0 Å². The molecule has 4 bridgehead atoms. The predicted octanol–water partition coefficient (Wildman–Crippen LogP) is 9.01. The van der Waals surface area contributed by atoms with E-state index >= 15 is 4.79 Å². The maximum absolute atomic E-state index is 15.2. The van der Waals surface area contributed by atoms with Crippen LogP contribution in [0.25, 0.3) is 0 Å². The van der Waals surface area contributed by atoms with Gasteiger partial charge in [0.2, 0.25) is 0 Å². The molecule has 1 saturated heterocycles. The monoisotopic (exact) mass is 801 g/mol. The number of ether oxygens (including phenoxy) is 2. The smallest absolute Gasteiger partial charge is 0.448 e. The Morgan fingerprint density at radius 2 is 1.64 bits per heavy atom. The van der Waals surface area contributed by atoms with Crippen molar-refractivity contribution in [1.29, 1.82) is 0 Å². The molecule has 0 aromatic heterocycles. The summed E-state index contributed by atoms with van der Waals surface area (Å²) in [5.74, 6) is -1.78. The summed E-state index contributed by atoms with van der Waals surface area (Å²) in [7, 11) is 0. The van der Waals surface area contributed by atoms with Gasteiger partial charge in [0.25, 0.3) is 5.91 Å². The van der Waals surface area contributed by atoms with Crippen molar-refractivity contribution in [3.05, 3.63) is 112 Å². The Labute approximate surface area is 338 Å². The molecule has 0 radical (unpaired) electrons. The van der Waals surface area contributed by atoms with Crippen LogP contribution < -0.4 is 4.74 Å². The Bertz CT molecular complexity index is 2100. The zero-order valence-electron chi connectivity index (χ0n) is 34.0. The minimum atomic E-state index is -4.87. The van der Waals surface area contributed by atoms with Crippen LogP contribution in [0.15, 0.2) is 84.4 Å². The van der Waals surface area contributed by atoms with Crippen molar-refractivity contribution >= 4 is 17.7 Å². The molecule has 3 aromatic carbocycles. The van der Waals surface area contributed by atoms with Crippen LogP contribution in [-0.4, -0.2) is 63.0 Å². The first-order chi connectivity index (χ1) is 27.2. The maximum atomic E-state index is 15.2. The summed E-state index contributed by atoms with van der Waals surface area (Å²) in [6, 6.07) is 20.2. The molecule has 3 fully saturated rings. The van der Waals surface area contributed by atoms with Gasteiger partial charge in [-0.15, -0.1) is 13.2 Å². The molecule has 1 amide bonds. The lowest BCUT2D eigenvalue weighted by molar-refractivity contribution is -0.274. The van der Waals surface area contributed by atoms with Gasteiger partial charge in [0, 0.05) is 28.5 Å². The zero-order valence-corrected chi connectivity index (χ0v) is 34.0. The van der Waals surface area contributed by atoms with E-state index in [0.717, 1.165) is 16.7 Å². The molecule has 5 aliphatic rings. The van der Waals surface area contributed by atoms with E-state index in [-0.39, 0.29) is 31.2 Å². The average molecular weight is 802 g/mol. The number of aliphatic hydroxyl groups is 2. The molecule has 6 atom stereocenters. The Balaban J connectivity index is 1.31. The standard InChI is InChI=1S/C47H54F3NO7/c1-30-10-9-22-43(4)38(36-20-16-32(26-34(52)17-13-30)27-37(36)39(53)33-11-7-6-8-12-33)21-23-45(43,56)29-51(28-31-14-18-35(19-15-31)57-47(48,49)50)40(54)46-25-24-44(5,41(55)58-46)42(46,2)3/h6-8,10-12,14-16,18-20,27,34,38,52,56H,9,13,17,21-26,28-29H2,1-5H3/t34-,38-,43-,44-,45+,46+/m0/s1. The fourth-order valence-corrected chi connectivity index (χ4v) is 10.5. The third kappa shape index (κ3) is 7.16. The molecule has 58 heavy (non-hydrogen) atoms. The molecule has 1 heterocycles. The molecule has 0 unspecified atom stereocenters. The molecule has 1 aliphatic heterocycles. The number of aliphatic hydroxyl groups excluding tert-OH is 1. The van der Waals surface area contributed by atoms with Gasteiger partial charge in [-0.1, -0.05) is 87.0 Å². The average Bonchev–Trinajstić information content (AvgIpc) is 3.61. The zero-order chi connectivity index (χ0) is 41.9. The van der Waals surface area contributed by atoms with Gasteiger partial charge in [0.15, 0.2) is 11.4 Å². The molecule has 8 rings (SSSR count). The number of carbonyl (C=O) groups excluding carboxylic acids is 3. The summed E-state index contributed by atoms with van der Waals surface area (Å²) in [4.78, 5) is 44.5. The summed E-state index contributed by atoms with van der Waals surface area (Å²) >= 11 is 0. The van der Waals surface area contributed by atoms with E-state index in [9.17, 15) is 33.0 Å². The van der Waals surface area contributed by atoms with E-state index in [0.29, 0.717) is 68.1 Å². The van der Waals surface area contributed by atoms with Crippen LogP contribution in [0.5, 0.6) is 5.75 Å². The number of halogens is 3. The number of amides is 1. The maximum Gasteiger partial charge on any atom is 0.573 e. The van der Waals surface area contributed by atoms with Gasteiger partial charge in [-0.2, -0.15) is 0 Å². The Kier molecular flexibility index (Phi) is 10.8. The summed E-state index contributed by atoms with van der Waals surface area (Å²) in [5.41, 5.74) is -1.42. The topological polar surface area (TPSA) is 113 Å². The molecule has 11 heteroatoms. The molecular formula is C47H54F3NO7. The van der Waals surface area contributed by atoms with Crippen LogP contribution in [0.1, 0.15) is 125 Å². The number of hydrogen-bond acceptors (Lipinski definition) is 7. The van der Waals surface area contributed by atoms with Crippen LogP contribution in [0.4, 0.5) is 13.2 Å². The summed E-state index contributed by atoms with van der Waals surface area (Å²) in [6.07, 6.45) is 0.934. The number of carbonyl (C=O) groups is 3. The first-order valence-electron chi connectivity index (χ1n) is 20.4. The van der Waals surface area contributed by atoms with E-state index in [1.807, 2.05) is 71.0 Å². The van der Waals surface area contributed by atoms with Crippen LogP contribution in [0.2, 0.25) is 0 Å². The van der Waals surface area contributed by atoms with Crippen LogP contribution in [-0.2, 0) is 27.3 Å². The highest BCUT2D eigenvalue weighted by Gasteiger charge is 2.76. The van der Waals surface area contributed by atoms with E-state index < -0.39 is 57.5 Å². The Hall–Kier alpha value is -4.48. The highest BCUT2D eigenvalue weighted by molar-refractivity contribution is 6.10. The van der Waals surface area contributed by atoms with Gasteiger partial charge in [0.1, 0.15) is 5.75 Å². The number of rotatable bonds is 8. The van der Waals surface area contributed by atoms with Crippen molar-refractivity contribution in [2.75, 3.05) is 6.54 Å². The molecule has 4 aliphatic carbocycles. The summed E-state index contributed by atoms with van der Waals surface area (Å²) in [6.45, 7) is 9.40. The van der Waals surface area contributed by atoms with Crippen molar-refractivity contribution < 1.29 is 47.2 Å². The van der Waals surface area contributed by atoms with Crippen molar-refractivity contribution in [3.63, 3.8) is 0 Å². The van der Waals surface area contributed by atoms with Crippen molar-refractivity contribution in [2.45, 2.75) is 129 Å². The minimum Gasteiger partial charge on any atom is -0.448 e. The van der Waals surface area contributed by atoms with Crippen LogP contribution in [0, 0.1) is 16.2 Å². The van der Waals surface area contributed by atoms with E-state index in [4.69, 9.17) is 4.74 Å². The number of esters is 1. The fraction of sp³-hybridized carbons (Fsp3) is 0.511. The number of fused-ring (bicyclic) bond motifs is 10. The Morgan fingerprint density at radius 3 is 2.28 bits per heavy atom. The van der Waals surface area contributed by atoms with Crippen LogP contribution >= 0.6 is 0 Å². The number of benzene rings is 3. The number of alkyl halides is 3. The number of hydrogen-bond donors (Lipinski definition) is 2. The molecule has 3 aromatic rings. The van der Waals surface area contributed by atoms with Gasteiger partial charge in [-0.3, -0.25) is 14.4 Å². The van der Waals surface area contributed by atoms with E-state index in [1.54, 1.807) is 12.1 Å². The fourth-order valence-electron chi connectivity index (χ4n) is 10.5. The molecule has 2 saturated carbocycles. The largest absolute Gasteiger partial charge is 0.573 e. The molecule has 2 N–H and O–H groups in total. The third-order valence-corrected chi connectivity index (χ3v) is 14.7. The first kappa shape index (κ1) is 41.7. The lowest BCUT2D eigenvalue weighted by Gasteiger charge is -2.47. The normalized spacial score (nSPS) is 30.6. The highest BCUT2D eigenvalue weighted by Crippen LogP contribution is 2.66. The Morgan fingerprint density at radius 1 is 0.931 bits per heavy atom. The number of ketones is 1. The summed E-state index contributed by atoms with van der Waals surface area (Å²) < 4.78 is 49.3. The van der Waals surface area contributed by atoms with Crippen molar-refractivity contribution in [3.8, 4) is 5.75 Å². The van der Waals surface area contributed by atoms with Crippen molar-refractivity contribution in [1.82, 2.24) is 4.90 Å². The molecule has 8 nitrogen and oxygen atoms in total. The van der Waals surface area contributed by atoms with Gasteiger partial charge in [0.05, 0.1) is 23.7 Å². The molecular weight excluding hydrogens is 748 g/mol. The second-order valence-electron chi connectivity index (χ2n) is 18.2. The third-order valence-electron chi connectivity index (χ3n) is 14.7. The minimum absolute atomic E-state index is 0.0753. The van der Waals surface area contributed by atoms with Gasteiger partial charge < -0.3 is 24.6 Å². The number of allylic oxidation sites excluding steroid dienone is 2. The predicted molar refractivity (Wildman–Crippen MR) is 212 cm³/mol. The second kappa shape index (κ2) is 15.0. The quantitative estimate of drug-likeness (QED) is 0.133. The van der Waals surface area contributed by atoms with E-state index in [1.165, 1.54) is 29.2 Å².